The Bertz CT molecular complexity index is 1110. The molecule has 7 heteroatoms. The summed E-state index contributed by atoms with van der Waals surface area (Å²) < 4.78 is 13.2. The molecule has 0 saturated carbocycles. The average molecular weight is 451 g/mol. The molecule has 5 nitrogen and oxygen atoms in total. The summed E-state index contributed by atoms with van der Waals surface area (Å²) in [7, 11) is 0. The number of hydrogen-bond donors (Lipinski definition) is 1. The van der Waals surface area contributed by atoms with Crippen LogP contribution >= 0.6 is 11.6 Å². The summed E-state index contributed by atoms with van der Waals surface area (Å²) in [5.41, 5.74) is 3.44. The lowest BCUT2D eigenvalue weighted by Crippen LogP contribution is -2.56. The van der Waals surface area contributed by atoms with Gasteiger partial charge in [0.15, 0.2) is 0 Å². The van der Waals surface area contributed by atoms with Crippen LogP contribution in [-0.2, 0) is 11.3 Å². The lowest BCUT2D eigenvalue weighted by atomic mass is 9.85. The Kier molecular flexibility index (Phi) is 5.57. The molecule has 2 fully saturated rings. The number of halogens is 2. The number of piperidine rings is 1. The Morgan fingerprint density at radius 3 is 2.44 bits per heavy atom. The lowest BCUT2D eigenvalue weighted by molar-refractivity contribution is -0.125. The van der Waals surface area contributed by atoms with Gasteiger partial charge in [0.1, 0.15) is 11.4 Å². The van der Waals surface area contributed by atoms with Crippen LogP contribution in [0.1, 0.15) is 18.5 Å². The van der Waals surface area contributed by atoms with E-state index in [1.807, 2.05) is 30.3 Å². The Morgan fingerprint density at radius 1 is 1.00 bits per heavy atom. The highest BCUT2D eigenvalue weighted by Crippen LogP contribution is 2.37. The summed E-state index contributed by atoms with van der Waals surface area (Å²) in [5, 5.41) is 3.72. The van der Waals surface area contributed by atoms with Gasteiger partial charge in [0, 0.05) is 36.5 Å². The minimum Gasteiger partial charge on any atom is -0.339 e. The third kappa shape index (κ3) is 3.96. The number of benzene rings is 2. The minimum absolute atomic E-state index is 0.100. The van der Waals surface area contributed by atoms with Crippen LogP contribution in [0.15, 0.2) is 66.9 Å². The van der Waals surface area contributed by atoms with Gasteiger partial charge in [-0.2, -0.15) is 0 Å². The Morgan fingerprint density at radius 2 is 1.72 bits per heavy atom. The molecule has 32 heavy (non-hydrogen) atoms. The number of hydrogen-bond acceptors (Lipinski definition) is 4. The van der Waals surface area contributed by atoms with Gasteiger partial charge >= 0.3 is 0 Å². The zero-order valence-electron chi connectivity index (χ0n) is 17.6. The predicted molar refractivity (Wildman–Crippen MR) is 124 cm³/mol. The summed E-state index contributed by atoms with van der Waals surface area (Å²) >= 11 is 6.05. The second kappa shape index (κ2) is 8.52. The van der Waals surface area contributed by atoms with Gasteiger partial charge in [-0.15, -0.1) is 0 Å². The third-order valence-corrected chi connectivity index (χ3v) is 6.79. The molecule has 0 atom stereocenters. The second-order valence-electron chi connectivity index (χ2n) is 8.42. The minimum atomic E-state index is -0.520. The first-order chi connectivity index (χ1) is 15.5. The zero-order valence-corrected chi connectivity index (χ0v) is 18.4. The maximum atomic E-state index is 13.2. The molecule has 1 aromatic heterocycles. The van der Waals surface area contributed by atoms with Crippen molar-refractivity contribution in [1.29, 1.82) is 0 Å². The zero-order chi connectivity index (χ0) is 22.1. The van der Waals surface area contributed by atoms with Crippen LogP contribution in [0.25, 0.3) is 11.1 Å². The number of amides is 1. The van der Waals surface area contributed by atoms with Crippen molar-refractivity contribution in [2.24, 2.45) is 0 Å². The largest absolute Gasteiger partial charge is 0.339 e. The van der Waals surface area contributed by atoms with Crippen molar-refractivity contribution in [2.75, 3.05) is 24.7 Å². The van der Waals surface area contributed by atoms with Crippen molar-refractivity contribution in [1.82, 2.24) is 15.2 Å². The summed E-state index contributed by atoms with van der Waals surface area (Å²) in [6.07, 6.45) is 3.30. The molecule has 0 radical (unpaired) electrons. The topological polar surface area (TPSA) is 48.5 Å². The average Bonchev–Trinajstić information content (AvgIpc) is 3.12. The highest BCUT2D eigenvalue weighted by atomic mass is 35.5. The molecule has 2 aliphatic heterocycles. The first-order valence-electron chi connectivity index (χ1n) is 10.8. The number of carbonyl (C=O) groups excluding carboxylic acids is 1. The maximum absolute atomic E-state index is 13.2. The molecule has 3 heterocycles. The van der Waals surface area contributed by atoms with E-state index in [2.05, 4.69) is 26.2 Å². The van der Waals surface area contributed by atoms with Gasteiger partial charge in [0.2, 0.25) is 5.91 Å². The number of anilines is 1. The number of rotatable bonds is 4. The molecular formula is C25H24ClFN4O. The molecule has 1 spiro atoms. The molecule has 1 amide bonds. The maximum Gasteiger partial charge on any atom is 0.247 e. The number of carbonyl (C=O) groups is 1. The predicted octanol–water partition coefficient (Wildman–Crippen LogP) is 4.47. The van der Waals surface area contributed by atoms with Gasteiger partial charge < -0.3 is 10.2 Å². The highest BCUT2D eigenvalue weighted by molar-refractivity contribution is 6.30. The summed E-state index contributed by atoms with van der Waals surface area (Å²) in [4.78, 5) is 21.9. The van der Waals surface area contributed by atoms with Crippen molar-refractivity contribution in [2.45, 2.75) is 24.9 Å². The van der Waals surface area contributed by atoms with E-state index >= 15 is 0 Å². The van der Waals surface area contributed by atoms with Crippen LogP contribution in [-0.4, -0.2) is 41.1 Å². The normalized spacial score (nSPS) is 18.2. The Balaban J connectivity index is 1.28. The van der Waals surface area contributed by atoms with E-state index in [9.17, 15) is 9.18 Å². The number of aromatic nitrogens is 1. The quantitative estimate of drug-likeness (QED) is 0.637. The van der Waals surface area contributed by atoms with Crippen LogP contribution < -0.4 is 10.2 Å². The van der Waals surface area contributed by atoms with Crippen molar-refractivity contribution in [3.8, 4) is 11.1 Å². The van der Waals surface area contributed by atoms with Crippen molar-refractivity contribution in [3.05, 3.63) is 83.4 Å². The van der Waals surface area contributed by atoms with Gasteiger partial charge in [0.05, 0.1) is 12.4 Å². The highest BCUT2D eigenvalue weighted by Gasteiger charge is 2.50. The summed E-state index contributed by atoms with van der Waals surface area (Å²) in [5.74, 6) is -0.141. The van der Waals surface area contributed by atoms with Crippen molar-refractivity contribution in [3.63, 3.8) is 0 Å². The molecule has 2 saturated heterocycles. The van der Waals surface area contributed by atoms with Crippen LogP contribution in [0, 0.1) is 5.82 Å². The van der Waals surface area contributed by atoms with E-state index in [1.165, 1.54) is 12.1 Å². The van der Waals surface area contributed by atoms with E-state index < -0.39 is 5.54 Å². The second-order valence-corrected chi connectivity index (χ2v) is 8.86. The van der Waals surface area contributed by atoms with Gasteiger partial charge in [-0.1, -0.05) is 23.7 Å². The number of nitrogens with zero attached hydrogens (tertiary/aromatic N) is 3. The van der Waals surface area contributed by atoms with Crippen molar-refractivity contribution < 1.29 is 9.18 Å². The fourth-order valence-corrected chi connectivity index (χ4v) is 4.87. The molecule has 0 aliphatic carbocycles. The number of pyridine rings is 1. The van der Waals surface area contributed by atoms with Gasteiger partial charge in [-0.05, 0) is 72.5 Å². The van der Waals surface area contributed by atoms with E-state index in [0.29, 0.717) is 18.2 Å². The molecular weight excluding hydrogens is 427 g/mol. The van der Waals surface area contributed by atoms with E-state index in [4.69, 9.17) is 11.6 Å². The fraction of sp³-hybridized carbons (Fsp3) is 0.280. The molecule has 0 bridgehead atoms. The SMILES string of the molecule is O=C1NCN(c2ccc(Cl)cc2)C12CCN(Cc1cc(-c3ccc(F)cc3)ccn1)CC2. The molecule has 1 N–H and O–H groups in total. The van der Waals surface area contributed by atoms with Crippen molar-refractivity contribution >= 4 is 23.2 Å². The number of nitrogens with one attached hydrogen (secondary N) is 1. The Labute approximate surface area is 191 Å². The van der Waals surface area contributed by atoms with Crippen LogP contribution in [0.3, 0.4) is 0 Å². The molecule has 0 unspecified atom stereocenters. The van der Waals surface area contributed by atoms with Gasteiger partial charge in [-0.3, -0.25) is 14.7 Å². The van der Waals surface area contributed by atoms with Gasteiger partial charge in [-0.25, -0.2) is 4.39 Å². The molecule has 2 aliphatic rings. The fourth-order valence-electron chi connectivity index (χ4n) is 4.74. The van der Waals surface area contributed by atoms with Crippen LogP contribution in [0.5, 0.6) is 0 Å². The van der Waals surface area contributed by atoms with Crippen LogP contribution in [0.2, 0.25) is 5.02 Å². The molecule has 5 rings (SSSR count). The number of likely N-dealkylation sites (tertiary alicyclic amines) is 1. The summed E-state index contributed by atoms with van der Waals surface area (Å²) in [6.45, 7) is 2.84. The summed E-state index contributed by atoms with van der Waals surface area (Å²) in [6, 6.07) is 18.2. The molecule has 164 valence electrons. The Hall–Kier alpha value is -2.96. The standard InChI is InChI=1S/C25H24ClFN4O/c26-20-3-7-23(8-4-20)31-17-29-24(32)25(31)10-13-30(14-11-25)16-22-15-19(9-12-28-22)18-1-5-21(27)6-2-18/h1-9,12,15H,10-11,13-14,16-17H2,(H,29,32). The first kappa shape index (κ1) is 20.9. The third-order valence-electron chi connectivity index (χ3n) is 6.54. The van der Waals surface area contributed by atoms with E-state index in [-0.39, 0.29) is 11.7 Å². The van der Waals surface area contributed by atoms with E-state index in [1.54, 1.807) is 18.3 Å². The van der Waals surface area contributed by atoms with Crippen LogP contribution in [0.4, 0.5) is 10.1 Å². The first-order valence-corrected chi connectivity index (χ1v) is 11.2. The van der Waals surface area contributed by atoms with E-state index in [0.717, 1.165) is 48.4 Å². The smallest absolute Gasteiger partial charge is 0.247 e. The molecule has 2 aromatic carbocycles. The lowest BCUT2D eigenvalue weighted by Gasteiger charge is -2.43. The molecule has 3 aromatic rings. The monoisotopic (exact) mass is 450 g/mol. The van der Waals surface area contributed by atoms with Gasteiger partial charge in [0.25, 0.3) is 0 Å².